The van der Waals surface area contributed by atoms with Crippen molar-refractivity contribution in [1.82, 2.24) is 0 Å². The molecule has 0 aliphatic heterocycles. The number of benzene rings is 2. The predicted molar refractivity (Wildman–Crippen MR) is 102 cm³/mol. The van der Waals surface area contributed by atoms with Crippen LogP contribution in [0.5, 0.6) is 5.75 Å². The molecule has 0 bridgehead atoms. The normalized spacial score (nSPS) is 14.6. The zero-order valence-electron chi connectivity index (χ0n) is 15.3. The first-order valence-corrected chi connectivity index (χ1v) is 8.81. The van der Waals surface area contributed by atoms with Gasteiger partial charge in [-0.1, -0.05) is 32.0 Å². The molecule has 0 spiro atoms. The van der Waals surface area contributed by atoms with Crippen molar-refractivity contribution >= 4 is 23.2 Å². The van der Waals surface area contributed by atoms with Gasteiger partial charge in [-0.3, -0.25) is 9.59 Å². The number of hydrogen-bond acceptors (Lipinski definition) is 3. The highest BCUT2D eigenvalue weighted by molar-refractivity contribution is 6.16. The lowest BCUT2D eigenvalue weighted by Crippen LogP contribution is -2.35. The zero-order valence-corrected chi connectivity index (χ0v) is 15.3. The lowest BCUT2D eigenvalue weighted by molar-refractivity contribution is -0.131. The van der Waals surface area contributed by atoms with Gasteiger partial charge in [0.05, 0.1) is 7.11 Å². The van der Waals surface area contributed by atoms with Gasteiger partial charge in [-0.25, -0.2) is 0 Å². The Bertz CT molecular complexity index is 808. The fourth-order valence-electron chi connectivity index (χ4n) is 2.84. The van der Waals surface area contributed by atoms with Crippen LogP contribution in [-0.2, 0) is 9.59 Å². The molecule has 5 nitrogen and oxygen atoms in total. The van der Waals surface area contributed by atoms with Crippen LogP contribution in [-0.4, -0.2) is 18.9 Å². The minimum atomic E-state index is -0.986. The van der Waals surface area contributed by atoms with E-state index in [4.69, 9.17) is 4.74 Å². The van der Waals surface area contributed by atoms with Gasteiger partial charge in [-0.05, 0) is 48.6 Å². The van der Waals surface area contributed by atoms with Crippen molar-refractivity contribution in [2.75, 3.05) is 17.7 Å². The molecule has 3 rings (SSSR count). The number of carbonyl (C=O) groups is 2. The molecule has 0 atom stereocenters. The first-order valence-electron chi connectivity index (χ1n) is 8.81. The fraction of sp³-hybridized carbons (Fsp3) is 0.333. The van der Waals surface area contributed by atoms with Crippen LogP contribution in [0.15, 0.2) is 48.5 Å². The summed E-state index contributed by atoms with van der Waals surface area (Å²) in [4.78, 5) is 25.3. The Hall–Kier alpha value is -2.82. The number of rotatable bonds is 6. The zero-order chi connectivity index (χ0) is 18.7. The largest absolute Gasteiger partial charge is 0.497 e. The molecule has 5 heteroatoms. The molecule has 136 valence electrons. The molecule has 2 aromatic rings. The molecule has 0 aromatic heterocycles. The lowest BCUT2D eigenvalue weighted by atomic mass is 10.0. The summed E-state index contributed by atoms with van der Waals surface area (Å²) in [5.74, 6) is 0.558. The molecule has 1 fully saturated rings. The van der Waals surface area contributed by atoms with Crippen LogP contribution in [0.3, 0.4) is 0 Å². The minimum Gasteiger partial charge on any atom is -0.497 e. The SMILES string of the molecule is COc1cccc(NC(=O)C2(C(=O)Nc3ccc(C(C)C)cc3)CC2)c1. The third-order valence-corrected chi connectivity index (χ3v) is 4.78. The van der Waals surface area contributed by atoms with Crippen LogP contribution in [0.1, 0.15) is 38.2 Å². The van der Waals surface area contributed by atoms with Crippen molar-refractivity contribution in [3.63, 3.8) is 0 Å². The summed E-state index contributed by atoms with van der Waals surface area (Å²) in [6, 6.07) is 14.9. The smallest absolute Gasteiger partial charge is 0.240 e. The van der Waals surface area contributed by atoms with Crippen LogP contribution in [0.4, 0.5) is 11.4 Å². The van der Waals surface area contributed by atoms with Gasteiger partial charge in [0, 0.05) is 17.4 Å². The molecular weight excluding hydrogens is 328 g/mol. The molecule has 2 N–H and O–H groups in total. The Morgan fingerprint density at radius 1 is 0.962 bits per heavy atom. The second-order valence-electron chi connectivity index (χ2n) is 7.00. The Morgan fingerprint density at radius 2 is 1.58 bits per heavy atom. The van der Waals surface area contributed by atoms with Gasteiger partial charge in [-0.15, -0.1) is 0 Å². The average molecular weight is 352 g/mol. The highest BCUT2D eigenvalue weighted by Crippen LogP contribution is 2.47. The van der Waals surface area contributed by atoms with Gasteiger partial charge in [0.2, 0.25) is 11.8 Å². The predicted octanol–water partition coefficient (Wildman–Crippen LogP) is 4.18. The molecule has 1 aliphatic rings. The number of methoxy groups -OCH3 is 1. The van der Waals surface area contributed by atoms with Gasteiger partial charge < -0.3 is 15.4 Å². The van der Waals surface area contributed by atoms with Crippen LogP contribution < -0.4 is 15.4 Å². The Kier molecular flexibility index (Phi) is 4.98. The van der Waals surface area contributed by atoms with Gasteiger partial charge >= 0.3 is 0 Å². The Labute approximate surface area is 153 Å². The van der Waals surface area contributed by atoms with Crippen molar-refractivity contribution in [1.29, 1.82) is 0 Å². The summed E-state index contributed by atoms with van der Waals surface area (Å²) >= 11 is 0. The van der Waals surface area contributed by atoms with Gasteiger partial charge in [-0.2, -0.15) is 0 Å². The average Bonchev–Trinajstić information content (AvgIpc) is 3.44. The standard InChI is InChI=1S/C21H24N2O3/c1-14(2)15-7-9-16(10-8-15)22-19(24)21(11-12-21)20(25)23-17-5-4-6-18(13-17)26-3/h4-10,13-14H,11-12H2,1-3H3,(H,22,24)(H,23,25). The summed E-state index contributed by atoms with van der Waals surface area (Å²) in [6.07, 6.45) is 1.11. The number of hydrogen-bond donors (Lipinski definition) is 2. The van der Waals surface area contributed by atoms with E-state index >= 15 is 0 Å². The Balaban J connectivity index is 1.67. The molecule has 0 heterocycles. The second-order valence-corrected chi connectivity index (χ2v) is 7.00. The molecule has 1 aliphatic carbocycles. The van der Waals surface area contributed by atoms with E-state index in [9.17, 15) is 9.59 Å². The highest BCUT2D eigenvalue weighted by atomic mass is 16.5. The van der Waals surface area contributed by atoms with E-state index in [1.54, 1.807) is 31.4 Å². The summed E-state index contributed by atoms with van der Waals surface area (Å²) in [7, 11) is 1.57. The molecule has 2 aromatic carbocycles. The van der Waals surface area contributed by atoms with E-state index in [-0.39, 0.29) is 11.8 Å². The summed E-state index contributed by atoms with van der Waals surface area (Å²) in [6.45, 7) is 4.24. The molecule has 0 unspecified atom stereocenters. The molecule has 2 amide bonds. The molecular formula is C21H24N2O3. The van der Waals surface area contributed by atoms with E-state index in [1.807, 2.05) is 24.3 Å². The quantitative estimate of drug-likeness (QED) is 0.767. The monoisotopic (exact) mass is 352 g/mol. The van der Waals surface area contributed by atoms with Crippen LogP contribution in [0, 0.1) is 5.41 Å². The maximum Gasteiger partial charge on any atom is 0.240 e. The number of amides is 2. The molecule has 1 saturated carbocycles. The van der Waals surface area contributed by atoms with Crippen LogP contribution in [0.25, 0.3) is 0 Å². The minimum absolute atomic E-state index is 0.254. The Morgan fingerprint density at radius 3 is 2.12 bits per heavy atom. The molecule has 26 heavy (non-hydrogen) atoms. The van der Waals surface area contributed by atoms with E-state index in [0.29, 0.717) is 35.9 Å². The number of anilines is 2. The van der Waals surface area contributed by atoms with Crippen molar-refractivity contribution in [3.8, 4) is 5.75 Å². The topological polar surface area (TPSA) is 67.4 Å². The van der Waals surface area contributed by atoms with E-state index in [1.165, 1.54) is 5.56 Å². The summed E-state index contributed by atoms with van der Waals surface area (Å²) < 4.78 is 5.16. The van der Waals surface area contributed by atoms with E-state index in [2.05, 4.69) is 24.5 Å². The van der Waals surface area contributed by atoms with Crippen molar-refractivity contribution in [2.45, 2.75) is 32.6 Å². The summed E-state index contributed by atoms with van der Waals surface area (Å²) in [5, 5.41) is 5.71. The maximum atomic E-state index is 12.7. The third kappa shape index (κ3) is 3.72. The summed E-state index contributed by atoms with van der Waals surface area (Å²) in [5.41, 5.74) is 1.55. The third-order valence-electron chi connectivity index (χ3n) is 4.78. The molecule has 0 saturated heterocycles. The first kappa shape index (κ1) is 18.0. The lowest BCUT2D eigenvalue weighted by Gasteiger charge is -2.16. The second kappa shape index (κ2) is 7.20. The van der Waals surface area contributed by atoms with E-state index in [0.717, 1.165) is 0 Å². The van der Waals surface area contributed by atoms with Crippen LogP contribution >= 0.6 is 0 Å². The van der Waals surface area contributed by atoms with Gasteiger partial charge in [0.15, 0.2) is 0 Å². The van der Waals surface area contributed by atoms with Gasteiger partial charge in [0.1, 0.15) is 11.2 Å². The first-order chi connectivity index (χ1) is 12.4. The van der Waals surface area contributed by atoms with Crippen molar-refractivity contribution in [2.24, 2.45) is 5.41 Å². The van der Waals surface area contributed by atoms with Crippen molar-refractivity contribution in [3.05, 3.63) is 54.1 Å². The highest BCUT2D eigenvalue weighted by Gasteiger charge is 2.56. The number of ether oxygens (including phenoxy) is 1. The number of carbonyl (C=O) groups excluding carboxylic acids is 2. The van der Waals surface area contributed by atoms with Gasteiger partial charge in [0.25, 0.3) is 0 Å². The van der Waals surface area contributed by atoms with Crippen molar-refractivity contribution < 1.29 is 14.3 Å². The fourth-order valence-corrected chi connectivity index (χ4v) is 2.84. The molecule has 0 radical (unpaired) electrons. The van der Waals surface area contributed by atoms with E-state index < -0.39 is 5.41 Å². The maximum absolute atomic E-state index is 12.7. The van der Waals surface area contributed by atoms with Crippen LogP contribution in [0.2, 0.25) is 0 Å². The number of nitrogens with one attached hydrogen (secondary N) is 2.